The monoisotopic (exact) mass is 367 g/mol. The summed E-state index contributed by atoms with van der Waals surface area (Å²) < 4.78 is 5.31. The Morgan fingerprint density at radius 3 is 2.54 bits per heavy atom. The first-order valence-electron chi connectivity index (χ1n) is 8.90. The Labute approximate surface area is 157 Å². The van der Waals surface area contributed by atoms with E-state index < -0.39 is 0 Å². The highest BCUT2D eigenvalue weighted by Crippen LogP contribution is 2.43. The molecule has 0 spiro atoms. The third kappa shape index (κ3) is 3.36. The number of anilines is 1. The van der Waals surface area contributed by atoms with Gasteiger partial charge < -0.3 is 4.74 Å². The van der Waals surface area contributed by atoms with E-state index in [1.54, 1.807) is 16.7 Å². The third-order valence-electron chi connectivity index (χ3n) is 5.04. The molecule has 1 aliphatic carbocycles. The van der Waals surface area contributed by atoms with Gasteiger partial charge in [-0.25, -0.2) is 0 Å². The summed E-state index contributed by atoms with van der Waals surface area (Å²) in [5.41, 5.74) is 1.98. The van der Waals surface area contributed by atoms with E-state index >= 15 is 0 Å². The van der Waals surface area contributed by atoms with Gasteiger partial charge in [0.2, 0.25) is 0 Å². The lowest BCUT2D eigenvalue weighted by atomic mass is 10.1. The van der Waals surface area contributed by atoms with Gasteiger partial charge in [0.15, 0.2) is 6.61 Å². The number of esters is 1. The highest BCUT2D eigenvalue weighted by molar-refractivity contribution is 7.99. The van der Waals surface area contributed by atoms with Crippen LogP contribution in [-0.4, -0.2) is 24.2 Å². The minimum absolute atomic E-state index is 0.0306. The summed E-state index contributed by atoms with van der Waals surface area (Å²) in [6.45, 7) is 1.82. The Hall–Kier alpha value is -2.27. The molecule has 2 aromatic rings. The molecule has 4 rings (SSSR count). The summed E-state index contributed by atoms with van der Waals surface area (Å²) in [6.07, 6.45) is 0.864. The van der Waals surface area contributed by atoms with E-state index in [0.29, 0.717) is 5.92 Å². The first kappa shape index (κ1) is 17.2. The molecule has 26 heavy (non-hydrogen) atoms. The van der Waals surface area contributed by atoms with Crippen molar-refractivity contribution >= 4 is 29.3 Å². The molecule has 1 heterocycles. The van der Waals surface area contributed by atoms with Gasteiger partial charge in [-0.05, 0) is 30.0 Å². The predicted molar refractivity (Wildman–Crippen MR) is 102 cm³/mol. The second-order valence-electron chi connectivity index (χ2n) is 6.90. The van der Waals surface area contributed by atoms with Gasteiger partial charge >= 0.3 is 5.97 Å². The molecule has 0 saturated heterocycles. The summed E-state index contributed by atoms with van der Waals surface area (Å²) in [5, 5.41) is 0. The van der Waals surface area contributed by atoms with Crippen LogP contribution in [0, 0.1) is 11.8 Å². The van der Waals surface area contributed by atoms with E-state index in [1.165, 1.54) is 0 Å². The maximum atomic E-state index is 13.0. The van der Waals surface area contributed by atoms with Crippen LogP contribution in [0.25, 0.3) is 0 Å². The number of para-hydroxylation sites is 1. The van der Waals surface area contributed by atoms with Crippen LogP contribution in [0.5, 0.6) is 0 Å². The smallest absolute Gasteiger partial charge is 0.309 e. The first-order valence-corrected chi connectivity index (χ1v) is 9.89. The van der Waals surface area contributed by atoms with Crippen LogP contribution in [-0.2, 0) is 14.3 Å². The van der Waals surface area contributed by atoms with Crippen molar-refractivity contribution in [1.82, 2.24) is 0 Å². The molecule has 0 unspecified atom stereocenters. The third-order valence-corrected chi connectivity index (χ3v) is 6.17. The fraction of sp³-hybridized carbons (Fsp3) is 0.333. The minimum Gasteiger partial charge on any atom is -0.455 e. The zero-order valence-corrected chi connectivity index (χ0v) is 15.4. The second kappa shape index (κ2) is 7.16. The molecule has 0 radical (unpaired) electrons. The largest absolute Gasteiger partial charge is 0.455 e. The number of hydrogen-bond donors (Lipinski definition) is 0. The summed E-state index contributed by atoms with van der Waals surface area (Å²) >= 11 is 1.75. The normalized spacial score (nSPS) is 23.9. The maximum Gasteiger partial charge on any atom is 0.309 e. The molecule has 2 aromatic carbocycles. The van der Waals surface area contributed by atoms with Gasteiger partial charge in [0.1, 0.15) is 0 Å². The van der Waals surface area contributed by atoms with Crippen molar-refractivity contribution in [2.24, 2.45) is 11.8 Å². The number of benzene rings is 2. The number of fused-ring (bicyclic) bond motifs is 1. The molecule has 0 bridgehead atoms. The number of ether oxygens (including phenoxy) is 1. The fourth-order valence-corrected chi connectivity index (χ4v) is 4.55. The lowest BCUT2D eigenvalue weighted by Crippen LogP contribution is -2.41. The summed E-state index contributed by atoms with van der Waals surface area (Å²) in [4.78, 5) is 27.9. The molecule has 5 heteroatoms. The van der Waals surface area contributed by atoms with Crippen LogP contribution in [0.1, 0.15) is 24.9 Å². The van der Waals surface area contributed by atoms with E-state index in [1.807, 2.05) is 61.5 Å². The van der Waals surface area contributed by atoms with Crippen molar-refractivity contribution in [1.29, 1.82) is 0 Å². The highest BCUT2D eigenvalue weighted by Gasteiger charge is 2.41. The van der Waals surface area contributed by atoms with Gasteiger partial charge in [-0.1, -0.05) is 49.4 Å². The average Bonchev–Trinajstić information content (AvgIpc) is 3.42. The maximum absolute atomic E-state index is 13.0. The van der Waals surface area contributed by atoms with E-state index in [0.717, 1.165) is 28.3 Å². The van der Waals surface area contributed by atoms with Gasteiger partial charge in [0.05, 0.1) is 17.6 Å². The zero-order chi connectivity index (χ0) is 18.1. The highest BCUT2D eigenvalue weighted by atomic mass is 32.2. The molecular formula is C21H21NO3S. The second-order valence-corrected chi connectivity index (χ2v) is 7.96. The van der Waals surface area contributed by atoms with Crippen molar-refractivity contribution in [2.45, 2.75) is 24.3 Å². The molecule has 1 saturated carbocycles. The zero-order valence-electron chi connectivity index (χ0n) is 14.6. The number of nitrogens with zero attached hydrogens (tertiary/aromatic N) is 1. The number of hydrogen-bond acceptors (Lipinski definition) is 4. The number of amides is 1. The van der Waals surface area contributed by atoms with Crippen molar-refractivity contribution in [2.75, 3.05) is 17.3 Å². The quantitative estimate of drug-likeness (QED) is 0.765. The van der Waals surface area contributed by atoms with E-state index in [2.05, 4.69) is 0 Å². The molecule has 0 N–H and O–H groups in total. The molecular weight excluding hydrogens is 346 g/mol. The fourth-order valence-electron chi connectivity index (χ4n) is 3.38. The van der Waals surface area contributed by atoms with Gasteiger partial charge in [0, 0.05) is 10.6 Å². The van der Waals surface area contributed by atoms with Gasteiger partial charge in [-0.15, -0.1) is 11.8 Å². The van der Waals surface area contributed by atoms with Gasteiger partial charge in [0.25, 0.3) is 5.91 Å². The van der Waals surface area contributed by atoms with Crippen molar-refractivity contribution in [3.8, 4) is 0 Å². The number of rotatable bonds is 4. The van der Waals surface area contributed by atoms with Gasteiger partial charge in [-0.3, -0.25) is 14.5 Å². The summed E-state index contributed by atoms with van der Waals surface area (Å²) in [6, 6.07) is 17.8. The van der Waals surface area contributed by atoms with Crippen LogP contribution >= 0.6 is 11.8 Å². The Kier molecular flexibility index (Phi) is 4.72. The van der Waals surface area contributed by atoms with Crippen LogP contribution in [0.15, 0.2) is 59.5 Å². The molecule has 2 aliphatic rings. The Morgan fingerprint density at radius 1 is 1.12 bits per heavy atom. The van der Waals surface area contributed by atoms with E-state index in [-0.39, 0.29) is 30.4 Å². The van der Waals surface area contributed by atoms with E-state index in [4.69, 9.17) is 4.74 Å². The topological polar surface area (TPSA) is 46.6 Å². The van der Waals surface area contributed by atoms with Crippen molar-refractivity contribution in [3.05, 3.63) is 60.2 Å². The standard InChI is InChI=1S/C21H21NO3S/c1-14-11-16(14)21(24)25-12-20(23)22-17-9-5-6-10-19(17)26-13-18(22)15-7-3-2-4-8-15/h2-10,14,16,18H,11-13H2,1H3/t14-,16+,18+/m0/s1. The lowest BCUT2D eigenvalue weighted by molar-refractivity contribution is -0.149. The minimum atomic E-state index is -0.248. The Bertz CT molecular complexity index is 823. The molecule has 1 fully saturated rings. The van der Waals surface area contributed by atoms with Crippen molar-refractivity contribution in [3.63, 3.8) is 0 Å². The molecule has 3 atom stereocenters. The number of carbonyl (C=O) groups is 2. The number of thioether (sulfide) groups is 1. The first-order chi connectivity index (χ1) is 12.6. The molecule has 4 nitrogen and oxygen atoms in total. The SMILES string of the molecule is C[C@H]1C[C@H]1C(=O)OCC(=O)N1c2ccccc2SC[C@@H]1c1ccccc1. The molecule has 1 amide bonds. The Morgan fingerprint density at radius 2 is 1.81 bits per heavy atom. The van der Waals surface area contributed by atoms with Crippen LogP contribution < -0.4 is 4.90 Å². The van der Waals surface area contributed by atoms with E-state index in [9.17, 15) is 9.59 Å². The number of carbonyl (C=O) groups excluding carboxylic acids is 2. The summed E-state index contributed by atoms with van der Waals surface area (Å²) in [7, 11) is 0. The Balaban J connectivity index is 1.58. The van der Waals surface area contributed by atoms with Crippen LogP contribution in [0.2, 0.25) is 0 Å². The molecule has 134 valence electrons. The van der Waals surface area contributed by atoms with Crippen molar-refractivity contribution < 1.29 is 14.3 Å². The lowest BCUT2D eigenvalue weighted by Gasteiger charge is -2.37. The predicted octanol–water partition coefficient (Wildman–Crippen LogP) is 4.07. The van der Waals surface area contributed by atoms with Gasteiger partial charge in [-0.2, -0.15) is 0 Å². The van der Waals surface area contributed by atoms with Crippen LogP contribution in [0.3, 0.4) is 0 Å². The average molecular weight is 367 g/mol. The summed E-state index contributed by atoms with van der Waals surface area (Å²) in [5.74, 6) is 0.703. The molecule has 0 aromatic heterocycles. The van der Waals surface area contributed by atoms with Crippen LogP contribution in [0.4, 0.5) is 5.69 Å². The molecule has 1 aliphatic heterocycles.